The molecule has 2 unspecified atom stereocenters. The summed E-state index contributed by atoms with van der Waals surface area (Å²) in [4.78, 5) is 20.6. The largest absolute Gasteiger partial charge is 0.497 e. The number of fused-ring (bicyclic) bond motifs is 1. The Labute approximate surface area is 240 Å². The van der Waals surface area contributed by atoms with E-state index in [1.54, 1.807) is 23.5 Å². The molecule has 1 aromatic rings. The number of hydrogen-bond acceptors (Lipinski definition) is 7. The van der Waals surface area contributed by atoms with Gasteiger partial charge in [-0.2, -0.15) is 4.31 Å². The van der Waals surface area contributed by atoms with Crippen LogP contribution in [0.4, 0.5) is 0 Å². The third kappa shape index (κ3) is 6.51. The van der Waals surface area contributed by atoms with Crippen molar-refractivity contribution in [2.24, 2.45) is 0 Å². The summed E-state index contributed by atoms with van der Waals surface area (Å²) in [5.74, 6) is 0.671. The van der Waals surface area contributed by atoms with Gasteiger partial charge in [-0.1, -0.05) is 12.8 Å². The molecule has 224 valence electrons. The first-order valence-corrected chi connectivity index (χ1v) is 16.7. The van der Waals surface area contributed by atoms with E-state index in [1.165, 1.54) is 38.9 Å². The van der Waals surface area contributed by atoms with Gasteiger partial charge in [-0.05, 0) is 82.2 Å². The van der Waals surface area contributed by atoms with Gasteiger partial charge in [-0.3, -0.25) is 14.6 Å². The van der Waals surface area contributed by atoms with E-state index in [2.05, 4.69) is 9.80 Å². The lowest BCUT2D eigenvalue weighted by Crippen LogP contribution is -2.58. The minimum Gasteiger partial charge on any atom is -0.497 e. The maximum absolute atomic E-state index is 13.8. The van der Waals surface area contributed by atoms with Crippen LogP contribution in [0.2, 0.25) is 0 Å². The zero-order valence-corrected chi connectivity index (χ0v) is 25.5. The standard InChI is InChI=1S/C30H48N4O5S/c1-23-18-28(38-3)19-24(2)30(23)40(36,37)34-13-7-5-9-27(34)21-39-22-29(35)32-14-10-25(11-15-32)33-17-16-31-12-6-4-8-26(31)20-33/h18-19,25-27H,4-17,20-22H2,1-3H3. The van der Waals surface area contributed by atoms with Gasteiger partial charge < -0.3 is 14.4 Å². The quantitative estimate of drug-likeness (QED) is 0.471. The van der Waals surface area contributed by atoms with Crippen LogP contribution in [0.5, 0.6) is 5.75 Å². The van der Waals surface area contributed by atoms with Gasteiger partial charge in [0.15, 0.2) is 0 Å². The first-order chi connectivity index (χ1) is 19.3. The molecule has 0 radical (unpaired) electrons. The number of ether oxygens (including phenoxy) is 2. The number of amides is 1. The number of hydrogen-bond donors (Lipinski definition) is 0. The second-order valence-corrected chi connectivity index (χ2v) is 14.0. The van der Waals surface area contributed by atoms with Crippen molar-refractivity contribution in [3.63, 3.8) is 0 Å². The van der Waals surface area contributed by atoms with Crippen LogP contribution in [-0.4, -0.2) is 118 Å². The highest BCUT2D eigenvalue weighted by Gasteiger charge is 2.37. The van der Waals surface area contributed by atoms with E-state index in [0.717, 1.165) is 57.8 Å². The number of piperidine rings is 3. The number of carbonyl (C=O) groups is 1. The van der Waals surface area contributed by atoms with Crippen LogP contribution in [0.1, 0.15) is 62.5 Å². The fourth-order valence-electron chi connectivity index (χ4n) is 7.38. The highest BCUT2D eigenvalue weighted by atomic mass is 32.2. The topological polar surface area (TPSA) is 82.6 Å². The van der Waals surface area contributed by atoms with Gasteiger partial charge >= 0.3 is 0 Å². The molecule has 0 N–H and O–H groups in total. The van der Waals surface area contributed by atoms with Crippen molar-refractivity contribution < 1.29 is 22.7 Å². The summed E-state index contributed by atoms with van der Waals surface area (Å²) in [6.07, 6.45) is 8.58. The zero-order valence-electron chi connectivity index (χ0n) is 24.6. The van der Waals surface area contributed by atoms with Gasteiger partial charge in [0.05, 0.1) is 18.6 Å². The number of rotatable bonds is 8. The van der Waals surface area contributed by atoms with Crippen LogP contribution in [-0.2, 0) is 19.6 Å². The maximum atomic E-state index is 13.8. The normalized spacial score (nSPS) is 26.0. The second kappa shape index (κ2) is 13.1. The smallest absolute Gasteiger partial charge is 0.248 e. The first-order valence-electron chi connectivity index (χ1n) is 15.3. The van der Waals surface area contributed by atoms with Gasteiger partial charge in [0.1, 0.15) is 12.4 Å². The molecular formula is C30H48N4O5S. The Morgan fingerprint density at radius 3 is 2.25 bits per heavy atom. The van der Waals surface area contributed by atoms with Gasteiger partial charge in [-0.25, -0.2) is 8.42 Å². The molecule has 2 atom stereocenters. The van der Waals surface area contributed by atoms with Crippen molar-refractivity contribution in [1.82, 2.24) is 19.0 Å². The lowest BCUT2D eigenvalue weighted by atomic mass is 9.96. The molecule has 4 fully saturated rings. The molecule has 4 heterocycles. The molecule has 1 amide bonds. The van der Waals surface area contributed by atoms with E-state index < -0.39 is 10.0 Å². The number of nitrogens with zero attached hydrogens (tertiary/aromatic N) is 4. The lowest BCUT2D eigenvalue weighted by Gasteiger charge is -2.48. The van der Waals surface area contributed by atoms with E-state index in [9.17, 15) is 13.2 Å². The molecule has 4 aliphatic heterocycles. The molecule has 1 aromatic carbocycles. The summed E-state index contributed by atoms with van der Waals surface area (Å²) < 4.78 is 40.4. The van der Waals surface area contributed by atoms with Crippen molar-refractivity contribution in [3.8, 4) is 5.75 Å². The van der Waals surface area contributed by atoms with E-state index in [4.69, 9.17) is 9.47 Å². The Morgan fingerprint density at radius 2 is 1.52 bits per heavy atom. The number of likely N-dealkylation sites (tertiary alicyclic amines) is 1. The number of sulfonamides is 1. The average molecular weight is 577 g/mol. The van der Waals surface area contributed by atoms with E-state index in [0.29, 0.717) is 34.4 Å². The second-order valence-electron chi connectivity index (χ2n) is 12.2. The lowest BCUT2D eigenvalue weighted by molar-refractivity contribution is -0.138. The fraction of sp³-hybridized carbons (Fsp3) is 0.767. The van der Waals surface area contributed by atoms with E-state index in [1.807, 2.05) is 18.7 Å². The zero-order chi connectivity index (χ0) is 28.3. The molecule has 0 saturated carbocycles. The number of piperazine rings is 1. The fourth-order valence-corrected chi connectivity index (χ4v) is 9.47. The first kappa shape index (κ1) is 29.8. The molecule has 0 aliphatic carbocycles. The summed E-state index contributed by atoms with van der Waals surface area (Å²) in [7, 11) is -2.11. The summed E-state index contributed by atoms with van der Waals surface area (Å²) in [5.41, 5.74) is 1.36. The SMILES string of the molecule is COc1cc(C)c(S(=O)(=O)N2CCCCC2COCC(=O)N2CCC(N3CCN4CCCCC4C3)CC2)c(C)c1. The Bertz CT molecular complexity index is 1110. The predicted octanol–water partition coefficient (Wildman–Crippen LogP) is 3.03. The van der Waals surface area contributed by atoms with Crippen LogP contribution in [0.25, 0.3) is 0 Å². The molecule has 0 spiro atoms. The maximum Gasteiger partial charge on any atom is 0.248 e. The average Bonchev–Trinajstić information content (AvgIpc) is 2.96. The van der Waals surface area contributed by atoms with Gasteiger partial charge in [0, 0.05) is 57.4 Å². The predicted molar refractivity (Wildman–Crippen MR) is 155 cm³/mol. The molecule has 40 heavy (non-hydrogen) atoms. The molecule has 4 aliphatic rings. The molecule has 5 rings (SSSR count). The third-order valence-electron chi connectivity index (χ3n) is 9.55. The van der Waals surface area contributed by atoms with Crippen molar-refractivity contribution in [3.05, 3.63) is 23.3 Å². The van der Waals surface area contributed by atoms with Crippen molar-refractivity contribution in [2.75, 3.05) is 66.1 Å². The van der Waals surface area contributed by atoms with Gasteiger partial charge in [0.25, 0.3) is 0 Å². The Morgan fingerprint density at radius 1 is 0.850 bits per heavy atom. The van der Waals surface area contributed by atoms with Crippen LogP contribution in [0.15, 0.2) is 17.0 Å². The molecule has 9 nitrogen and oxygen atoms in total. The van der Waals surface area contributed by atoms with Crippen LogP contribution in [0, 0.1) is 13.8 Å². The Balaban J connectivity index is 1.11. The highest BCUT2D eigenvalue weighted by Crippen LogP contribution is 2.32. The van der Waals surface area contributed by atoms with Crippen molar-refractivity contribution in [2.45, 2.75) is 88.2 Å². The Kier molecular flexibility index (Phi) is 9.72. The summed E-state index contributed by atoms with van der Waals surface area (Å²) in [5, 5.41) is 0. The van der Waals surface area contributed by atoms with Gasteiger partial charge in [-0.15, -0.1) is 0 Å². The minimum absolute atomic E-state index is 0.0103. The van der Waals surface area contributed by atoms with Crippen LogP contribution < -0.4 is 4.74 Å². The highest BCUT2D eigenvalue weighted by molar-refractivity contribution is 7.89. The van der Waals surface area contributed by atoms with E-state index in [-0.39, 0.29) is 25.2 Å². The summed E-state index contributed by atoms with van der Waals surface area (Å²) >= 11 is 0. The van der Waals surface area contributed by atoms with Crippen molar-refractivity contribution >= 4 is 15.9 Å². The molecular weight excluding hydrogens is 528 g/mol. The monoisotopic (exact) mass is 576 g/mol. The van der Waals surface area contributed by atoms with Gasteiger partial charge in [0.2, 0.25) is 15.9 Å². The summed E-state index contributed by atoms with van der Waals surface area (Å²) in [6, 6.07) is 4.56. The third-order valence-corrected chi connectivity index (χ3v) is 11.8. The molecule has 0 aromatic heterocycles. The number of benzene rings is 1. The van der Waals surface area contributed by atoms with Crippen LogP contribution >= 0.6 is 0 Å². The molecule has 4 saturated heterocycles. The summed E-state index contributed by atoms with van der Waals surface area (Å²) in [6.45, 7) is 10.7. The Hall–Kier alpha value is -1.72. The number of aryl methyl sites for hydroxylation is 2. The molecule has 10 heteroatoms. The van der Waals surface area contributed by atoms with Crippen molar-refractivity contribution in [1.29, 1.82) is 0 Å². The minimum atomic E-state index is -3.70. The van der Waals surface area contributed by atoms with E-state index >= 15 is 0 Å². The number of methoxy groups -OCH3 is 1. The van der Waals surface area contributed by atoms with Crippen LogP contribution in [0.3, 0.4) is 0 Å². The molecule has 0 bridgehead atoms. The number of carbonyl (C=O) groups excluding carboxylic acids is 1.